The molecule has 1 aromatic carbocycles. The van der Waals surface area contributed by atoms with Gasteiger partial charge < -0.3 is 40.5 Å². The minimum absolute atomic E-state index is 0.0852. The van der Waals surface area contributed by atoms with E-state index in [1.807, 2.05) is 32.9 Å². The second-order valence-electron chi connectivity index (χ2n) is 14.9. The van der Waals surface area contributed by atoms with Gasteiger partial charge in [-0.25, -0.2) is 9.59 Å². The Morgan fingerprint density at radius 2 is 1.66 bits per heavy atom. The van der Waals surface area contributed by atoms with Crippen molar-refractivity contribution in [2.75, 3.05) is 81.1 Å². The Kier molecular flexibility index (Phi) is 10.5. The molecule has 4 N–H and O–H groups in total. The molecule has 1 atom stereocenters. The fourth-order valence-corrected chi connectivity index (χ4v) is 8.75. The van der Waals surface area contributed by atoms with Gasteiger partial charge in [0, 0.05) is 85.8 Å². The van der Waals surface area contributed by atoms with Gasteiger partial charge in [-0.15, -0.1) is 11.3 Å². The number of amidine groups is 1. The van der Waals surface area contributed by atoms with Crippen LogP contribution in [-0.2, 0) is 30.9 Å². The molecule has 14 heteroatoms. The summed E-state index contributed by atoms with van der Waals surface area (Å²) in [7, 11) is 0. The molecule has 0 saturated carbocycles. The number of carbonyl (C=O) groups excluding carboxylic acids is 2. The number of piperazine rings is 1. The summed E-state index contributed by atoms with van der Waals surface area (Å²) in [5.74, 6) is -0.474. The van der Waals surface area contributed by atoms with Crippen molar-refractivity contribution in [2.45, 2.75) is 76.9 Å². The Labute approximate surface area is 298 Å². The van der Waals surface area contributed by atoms with Crippen molar-refractivity contribution in [3.63, 3.8) is 0 Å². The first-order valence-corrected chi connectivity index (χ1v) is 18.5. The Bertz CT molecular complexity index is 1640. The van der Waals surface area contributed by atoms with Crippen molar-refractivity contribution in [3.05, 3.63) is 39.8 Å². The van der Waals surface area contributed by atoms with Crippen LogP contribution in [0.5, 0.6) is 0 Å². The van der Waals surface area contributed by atoms with Crippen molar-refractivity contribution in [2.24, 2.45) is 10.9 Å². The number of nitrogens with zero attached hydrogens (tertiary/aromatic N) is 6. The molecule has 13 nitrogen and oxygen atoms in total. The minimum Gasteiger partial charge on any atom is -0.444 e. The Balaban J connectivity index is 1.22. The van der Waals surface area contributed by atoms with E-state index in [9.17, 15) is 14.9 Å². The molecule has 270 valence electrons. The summed E-state index contributed by atoms with van der Waals surface area (Å²) in [5.41, 5.74) is 14.7. The van der Waals surface area contributed by atoms with E-state index in [4.69, 9.17) is 25.8 Å². The molecule has 0 radical (unpaired) electrons. The maximum Gasteiger partial charge on any atom is 0.410 e. The maximum absolute atomic E-state index is 13.7. The van der Waals surface area contributed by atoms with Crippen molar-refractivity contribution >= 4 is 45.6 Å². The lowest BCUT2D eigenvalue weighted by atomic mass is 9.72. The van der Waals surface area contributed by atoms with E-state index in [0.29, 0.717) is 60.3 Å². The van der Waals surface area contributed by atoms with E-state index in [-0.39, 0.29) is 11.9 Å². The number of nitriles is 1. The molecule has 1 aromatic heterocycles. The van der Waals surface area contributed by atoms with Crippen LogP contribution in [0.15, 0.2) is 23.4 Å². The SMILES string of the molecule is CC(C)(C)OC(=O)N1CCN(c2cc(/C(N)=N/OC(=O)C3(C)CCCc4sc(N)c(C#N)c43)cc(N3CCC(N4CCOCC4)CC3)c2)CC1. The minimum atomic E-state index is -1.05. The number of amides is 1. The average Bonchev–Trinajstić information content (AvgIpc) is 3.46. The molecule has 4 heterocycles. The predicted molar refractivity (Wildman–Crippen MR) is 195 cm³/mol. The summed E-state index contributed by atoms with van der Waals surface area (Å²) >= 11 is 1.37. The van der Waals surface area contributed by atoms with E-state index in [1.165, 1.54) is 11.3 Å². The summed E-state index contributed by atoms with van der Waals surface area (Å²) < 4.78 is 11.2. The maximum atomic E-state index is 13.7. The number of aryl methyl sites for hydroxylation is 1. The van der Waals surface area contributed by atoms with Gasteiger partial charge in [-0.1, -0.05) is 5.16 Å². The largest absolute Gasteiger partial charge is 0.444 e. The second kappa shape index (κ2) is 14.7. The Hall–Kier alpha value is -4.06. The Morgan fingerprint density at radius 1 is 1.02 bits per heavy atom. The number of thiophene rings is 1. The fourth-order valence-electron chi connectivity index (χ4n) is 7.56. The fraction of sp³-hybridized carbons (Fsp3) is 0.611. The molecular formula is C36H50N8O5S. The number of fused-ring (bicyclic) bond motifs is 1. The number of hydrogen-bond donors (Lipinski definition) is 2. The third-order valence-corrected chi connectivity index (χ3v) is 11.4. The Morgan fingerprint density at radius 3 is 2.28 bits per heavy atom. The smallest absolute Gasteiger partial charge is 0.410 e. The molecule has 1 unspecified atom stereocenters. The van der Waals surface area contributed by atoms with Crippen LogP contribution in [0, 0.1) is 11.3 Å². The zero-order chi connectivity index (χ0) is 35.6. The van der Waals surface area contributed by atoms with Crippen LogP contribution in [0.2, 0.25) is 0 Å². The van der Waals surface area contributed by atoms with Crippen LogP contribution in [0.3, 0.4) is 0 Å². The number of piperidine rings is 1. The summed E-state index contributed by atoms with van der Waals surface area (Å²) in [6, 6.07) is 8.88. The summed E-state index contributed by atoms with van der Waals surface area (Å²) in [4.78, 5) is 41.8. The average molecular weight is 707 g/mol. The highest BCUT2D eigenvalue weighted by molar-refractivity contribution is 7.16. The number of anilines is 3. The molecule has 6 rings (SSSR count). The van der Waals surface area contributed by atoms with E-state index < -0.39 is 17.0 Å². The van der Waals surface area contributed by atoms with Gasteiger partial charge in [0.2, 0.25) is 0 Å². The predicted octanol–water partition coefficient (Wildman–Crippen LogP) is 4.02. The molecule has 3 aliphatic heterocycles. The number of benzene rings is 1. The van der Waals surface area contributed by atoms with Crippen molar-refractivity contribution < 1.29 is 23.9 Å². The molecule has 2 aromatic rings. The highest BCUT2D eigenvalue weighted by Crippen LogP contribution is 2.46. The molecule has 0 spiro atoms. The summed E-state index contributed by atoms with van der Waals surface area (Å²) in [6.45, 7) is 15.0. The van der Waals surface area contributed by atoms with E-state index in [2.05, 4.69) is 32.0 Å². The van der Waals surface area contributed by atoms with Crippen LogP contribution in [0.4, 0.5) is 21.2 Å². The van der Waals surface area contributed by atoms with Gasteiger partial charge in [0.05, 0.1) is 24.2 Å². The first-order chi connectivity index (χ1) is 23.9. The van der Waals surface area contributed by atoms with Crippen LogP contribution in [0.1, 0.15) is 74.9 Å². The molecular weight excluding hydrogens is 657 g/mol. The van der Waals surface area contributed by atoms with Crippen LogP contribution < -0.4 is 21.3 Å². The second-order valence-corrected chi connectivity index (χ2v) is 16.0. The third-order valence-electron chi connectivity index (χ3n) is 10.3. The number of carbonyl (C=O) groups is 2. The number of rotatable bonds is 6. The molecule has 3 fully saturated rings. The molecule has 50 heavy (non-hydrogen) atoms. The standard InChI is InChI=1S/C36H50N8O5S/c1-35(2,3)48-34(46)44-14-12-42(13-15-44)27-21-24(20-26(22-27)41-10-7-25(8-11-41)43-16-18-47-19-17-43)31(38)40-49-33(45)36(4)9-5-6-29-30(36)28(23-37)32(39)50-29/h20-22,25H,5-19,39H2,1-4H3,(H2,38,40). The van der Waals surface area contributed by atoms with Crippen molar-refractivity contribution in [1.29, 1.82) is 5.26 Å². The monoisotopic (exact) mass is 706 g/mol. The quantitative estimate of drug-likeness (QED) is 0.193. The van der Waals surface area contributed by atoms with Gasteiger partial charge in [0.25, 0.3) is 0 Å². The molecule has 0 bridgehead atoms. The zero-order valence-electron chi connectivity index (χ0n) is 29.7. The van der Waals surface area contributed by atoms with Gasteiger partial charge in [-0.2, -0.15) is 5.26 Å². The summed E-state index contributed by atoms with van der Waals surface area (Å²) in [5, 5.41) is 14.4. The van der Waals surface area contributed by atoms with Gasteiger partial charge in [-0.05, 0) is 78.0 Å². The van der Waals surface area contributed by atoms with Crippen LogP contribution in [0.25, 0.3) is 0 Å². The van der Waals surface area contributed by atoms with Crippen molar-refractivity contribution in [1.82, 2.24) is 9.80 Å². The number of hydrogen-bond acceptors (Lipinski definition) is 12. The lowest BCUT2D eigenvalue weighted by molar-refractivity contribution is -0.150. The number of nitrogens with two attached hydrogens (primary N) is 2. The highest BCUT2D eigenvalue weighted by Gasteiger charge is 2.45. The lowest BCUT2D eigenvalue weighted by Gasteiger charge is -2.41. The molecule has 4 aliphatic rings. The van der Waals surface area contributed by atoms with Gasteiger partial charge in [0.15, 0.2) is 5.84 Å². The van der Waals surface area contributed by atoms with Crippen LogP contribution in [-0.4, -0.2) is 105 Å². The van der Waals surface area contributed by atoms with E-state index in [0.717, 1.165) is 81.3 Å². The number of oxime groups is 1. The van der Waals surface area contributed by atoms with Gasteiger partial charge >= 0.3 is 12.1 Å². The normalized spacial score (nSPS) is 22.5. The van der Waals surface area contributed by atoms with Crippen molar-refractivity contribution in [3.8, 4) is 6.07 Å². The molecule has 3 saturated heterocycles. The number of nitrogen functional groups attached to an aromatic ring is 1. The number of morpholine rings is 1. The topological polar surface area (TPSA) is 163 Å². The van der Waals surface area contributed by atoms with E-state index in [1.54, 1.807) is 11.8 Å². The first-order valence-electron chi connectivity index (χ1n) is 17.7. The van der Waals surface area contributed by atoms with Gasteiger partial charge in [-0.3, -0.25) is 4.90 Å². The first kappa shape index (κ1) is 35.8. The zero-order valence-corrected chi connectivity index (χ0v) is 30.5. The highest BCUT2D eigenvalue weighted by atomic mass is 32.1. The molecule has 1 amide bonds. The number of ether oxygens (including phenoxy) is 2. The van der Waals surface area contributed by atoms with Gasteiger partial charge in [0.1, 0.15) is 16.7 Å². The van der Waals surface area contributed by atoms with Crippen LogP contribution >= 0.6 is 11.3 Å². The van der Waals surface area contributed by atoms with E-state index >= 15 is 0 Å². The lowest BCUT2D eigenvalue weighted by Crippen LogP contribution is -2.50. The molecule has 1 aliphatic carbocycles. The third kappa shape index (κ3) is 7.65. The summed E-state index contributed by atoms with van der Waals surface area (Å²) in [6.07, 6.45) is 3.86.